The Labute approximate surface area is 228 Å². The Morgan fingerprint density at radius 1 is 1.05 bits per heavy atom. The van der Waals surface area contributed by atoms with E-state index in [1.54, 1.807) is 11.7 Å². The van der Waals surface area contributed by atoms with Crippen molar-refractivity contribution in [3.05, 3.63) is 127 Å². The van der Waals surface area contributed by atoms with Crippen LogP contribution in [0.3, 0.4) is 0 Å². The molecule has 6 rings (SSSR count). The molecule has 0 radical (unpaired) electrons. The zero-order valence-electron chi connectivity index (χ0n) is 21.7. The van der Waals surface area contributed by atoms with Gasteiger partial charge in [0.1, 0.15) is 5.75 Å². The molecule has 1 N–H and O–H groups in total. The highest BCUT2D eigenvalue weighted by Crippen LogP contribution is 2.32. The SMILES string of the molecule is COc1cccc(C2C(C(=O)Nc3ccccc3)=C(C)N=c3sc(=Cc4cn(C)c5ccccc45)c(=O)n32)c1. The predicted molar refractivity (Wildman–Crippen MR) is 155 cm³/mol. The molecule has 194 valence electrons. The second-order valence-corrected chi connectivity index (χ2v) is 10.4. The highest BCUT2D eigenvalue weighted by molar-refractivity contribution is 7.07. The number of ether oxygens (including phenoxy) is 1. The highest BCUT2D eigenvalue weighted by Gasteiger charge is 2.32. The first kappa shape index (κ1) is 24.6. The van der Waals surface area contributed by atoms with Crippen molar-refractivity contribution in [3.8, 4) is 5.75 Å². The van der Waals surface area contributed by atoms with Crippen LogP contribution in [0.25, 0.3) is 17.0 Å². The molecule has 1 aliphatic rings. The van der Waals surface area contributed by atoms with Crippen LogP contribution in [-0.4, -0.2) is 22.2 Å². The van der Waals surface area contributed by atoms with Gasteiger partial charge in [-0.15, -0.1) is 0 Å². The van der Waals surface area contributed by atoms with Crippen molar-refractivity contribution in [2.45, 2.75) is 13.0 Å². The summed E-state index contributed by atoms with van der Waals surface area (Å²) in [7, 11) is 3.59. The number of hydrogen-bond acceptors (Lipinski definition) is 5. The van der Waals surface area contributed by atoms with E-state index in [4.69, 9.17) is 9.73 Å². The third-order valence-corrected chi connectivity index (χ3v) is 7.90. The first-order valence-electron chi connectivity index (χ1n) is 12.5. The molecule has 0 spiro atoms. The standard InChI is InChI=1S/C31H26N4O3S/c1-19-27(29(36)33-22-11-5-4-6-12-22)28(20-10-9-13-23(16-20)38-3)35-30(37)26(39-31(35)32-19)17-21-18-34(2)25-15-8-7-14-24(21)25/h4-18,28H,1-3H3,(H,33,36). The number of para-hydroxylation sites is 2. The van der Waals surface area contributed by atoms with Crippen LogP contribution in [0.15, 0.2) is 106 Å². The Morgan fingerprint density at radius 3 is 2.62 bits per heavy atom. The van der Waals surface area contributed by atoms with Gasteiger partial charge in [0.15, 0.2) is 4.80 Å². The summed E-state index contributed by atoms with van der Waals surface area (Å²) in [6.07, 6.45) is 3.93. The smallest absolute Gasteiger partial charge is 0.271 e. The van der Waals surface area contributed by atoms with Crippen LogP contribution in [-0.2, 0) is 11.8 Å². The number of anilines is 1. The molecule has 1 unspecified atom stereocenters. The summed E-state index contributed by atoms with van der Waals surface area (Å²) >= 11 is 1.33. The number of aryl methyl sites for hydroxylation is 1. The summed E-state index contributed by atoms with van der Waals surface area (Å²) in [5.41, 5.74) is 4.25. The molecule has 1 atom stereocenters. The Hall–Kier alpha value is -4.69. The number of nitrogens with zero attached hydrogens (tertiary/aromatic N) is 3. The van der Waals surface area contributed by atoms with E-state index >= 15 is 0 Å². The van der Waals surface area contributed by atoms with Gasteiger partial charge in [-0.3, -0.25) is 14.2 Å². The molecule has 3 aromatic carbocycles. The topological polar surface area (TPSA) is 77.6 Å². The maximum Gasteiger partial charge on any atom is 0.271 e. The maximum atomic E-state index is 14.0. The van der Waals surface area contributed by atoms with Crippen molar-refractivity contribution < 1.29 is 9.53 Å². The minimum atomic E-state index is -0.672. The monoisotopic (exact) mass is 534 g/mol. The normalized spacial score (nSPS) is 15.3. The van der Waals surface area contributed by atoms with Crippen LogP contribution in [0.4, 0.5) is 5.69 Å². The quantitative estimate of drug-likeness (QED) is 0.364. The van der Waals surface area contributed by atoms with Crippen LogP contribution < -0.4 is 24.9 Å². The Morgan fingerprint density at radius 2 is 1.82 bits per heavy atom. The van der Waals surface area contributed by atoms with Gasteiger partial charge < -0.3 is 14.6 Å². The van der Waals surface area contributed by atoms with Crippen LogP contribution >= 0.6 is 11.3 Å². The van der Waals surface area contributed by atoms with Crippen molar-refractivity contribution >= 4 is 39.9 Å². The fourth-order valence-electron chi connectivity index (χ4n) is 5.09. The summed E-state index contributed by atoms with van der Waals surface area (Å²) in [6, 6.07) is 24.2. The van der Waals surface area contributed by atoms with Crippen molar-refractivity contribution in [2.24, 2.45) is 12.0 Å². The second kappa shape index (κ2) is 9.89. The largest absolute Gasteiger partial charge is 0.497 e. The number of benzene rings is 3. The van der Waals surface area contributed by atoms with Gasteiger partial charge in [0.05, 0.1) is 29.0 Å². The van der Waals surface area contributed by atoms with Gasteiger partial charge in [-0.2, -0.15) is 0 Å². The van der Waals surface area contributed by atoms with Crippen LogP contribution in [0, 0.1) is 0 Å². The molecule has 8 heteroatoms. The van der Waals surface area contributed by atoms with E-state index in [0.29, 0.717) is 32.0 Å². The van der Waals surface area contributed by atoms with Gasteiger partial charge in [-0.05, 0) is 48.9 Å². The average Bonchev–Trinajstić information content (AvgIpc) is 3.43. The van der Waals surface area contributed by atoms with Crippen LogP contribution in [0.2, 0.25) is 0 Å². The summed E-state index contributed by atoms with van der Waals surface area (Å²) in [5, 5.41) is 4.04. The lowest BCUT2D eigenvalue weighted by Gasteiger charge is -2.25. The number of amides is 1. The number of carbonyl (C=O) groups is 1. The number of methoxy groups -OCH3 is 1. The maximum absolute atomic E-state index is 14.0. The number of hydrogen-bond donors (Lipinski definition) is 1. The second-order valence-electron chi connectivity index (χ2n) is 9.39. The van der Waals surface area contributed by atoms with E-state index in [9.17, 15) is 9.59 Å². The van der Waals surface area contributed by atoms with Gasteiger partial charge in [0.2, 0.25) is 0 Å². The van der Waals surface area contributed by atoms with E-state index in [-0.39, 0.29) is 11.5 Å². The van der Waals surface area contributed by atoms with Crippen molar-refractivity contribution in [1.29, 1.82) is 0 Å². The van der Waals surface area contributed by atoms with Crippen LogP contribution in [0.5, 0.6) is 5.75 Å². The van der Waals surface area contributed by atoms with Gasteiger partial charge in [-0.1, -0.05) is 59.9 Å². The Kier molecular flexibility index (Phi) is 6.24. The molecule has 3 heterocycles. The number of rotatable bonds is 5. The Bertz CT molecular complexity index is 1950. The number of aromatic nitrogens is 2. The number of fused-ring (bicyclic) bond motifs is 2. The number of thiazole rings is 1. The number of carbonyl (C=O) groups excluding carboxylic acids is 1. The Balaban J connectivity index is 1.54. The minimum absolute atomic E-state index is 0.197. The third-order valence-electron chi connectivity index (χ3n) is 6.92. The number of allylic oxidation sites excluding steroid dienone is 1. The zero-order chi connectivity index (χ0) is 27.1. The fourth-order valence-corrected chi connectivity index (χ4v) is 6.13. The van der Waals surface area contributed by atoms with E-state index in [2.05, 4.69) is 11.4 Å². The van der Waals surface area contributed by atoms with Crippen molar-refractivity contribution in [3.63, 3.8) is 0 Å². The van der Waals surface area contributed by atoms with Crippen LogP contribution in [0.1, 0.15) is 24.1 Å². The van der Waals surface area contributed by atoms with E-state index in [0.717, 1.165) is 22.0 Å². The molecule has 0 aliphatic carbocycles. The molecule has 0 saturated carbocycles. The predicted octanol–water partition coefficient (Wildman–Crippen LogP) is 4.37. The minimum Gasteiger partial charge on any atom is -0.497 e. The van der Waals surface area contributed by atoms with Crippen molar-refractivity contribution in [1.82, 2.24) is 9.13 Å². The average molecular weight is 535 g/mol. The summed E-state index contributed by atoms with van der Waals surface area (Å²) < 4.78 is 9.70. The van der Waals surface area contributed by atoms with Gasteiger partial charge in [0, 0.05) is 35.4 Å². The molecule has 39 heavy (non-hydrogen) atoms. The number of nitrogens with one attached hydrogen (secondary N) is 1. The first-order valence-corrected chi connectivity index (χ1v) is 13.3. The van der Waals surface area contributed by atoms with Gasteiger partial charge in [0.25, 0.3) is 11.5 Å². The summed E-state index contributed by atoms with van der Waals surface area (Å²) in [6.45, 7) is 1.81. The molecule has 7 nitrogen and oxygen atoms in total. The van der Waals surface area contributed by atoms with Gasteiger partial charge in [-0.25, -0.2) is 4.99 Å². The first-order chi connectivity index (χ1) is 18.9. The highest BCUT2D eigenvalue weighted by atomic mass is 32.1. The molecule has 0 bridgehead atoms. The fraction of sp³-hybridized carbons (Fsp3) is 0.129. The molecule has 2 aromatic heterocycles. The molecule has 0 saturated heterocycles. The molecule has 5 aromatic rings. The lowest BCUT2D eigenvalue weighted by Crippen LogP contribution is -2.40. The van der Waals surface area contributed by atoms with E-state index < -0.39 is 6.04 Å². The molecular weight excluding hydrogens is 508 g/mol. The third kappa shape index (κ3) is 4.38. The van der Waals surface area contributed by atoms with E-state index in [1.165, 1.54) is 11.3 Å². The van der Waals surface area contributed by atoms with Gasteiger partial charge >= 0.3 is 0 Å². The summed E-state index contributed by atoms with van der Waals surface area (Å²) in [5.74, 6) is 0.335. The summed E-state index contributed by atoms with van der Waals surface area (Å²) in [4.78, 5) is 33.0. The molecule has 0 fully saturated rings. The molecule has 1 amide bonds. The van der Waals surface area contributed by atoms with E-state index in [1.807, 2.05) is 104 Å². The lowest BCUT2D eigenvalue weighted by atomic mass is 9.95. The molecular formula is C31H26N4O3S. The zero-order valence-corrected chi connectivity index (χ0v) is 22.5. The lowest BCUT2D eigenvalue weighted by molar-refractivity contribution is -0.113. The van der Waals surface area contributed by atoms with Crippen molar-refractivity contribution in [2.75, 3.05) is 12.4 Å². The molecule has 1 aliphatic heterocycles.